The Labute approximate surface area is 200 Å². The molecule has 0 bridgehead atoms. The molecule has 3 aromatic carbocycles. The summed E-state index contributed by atoms with van der Waals surface area (Å²) in [5, 5.41) is 9.70. The number of esters is 1. The summed E-state index contributed by atoms with van der Waals surface area (Å²) in [4.78, 5) is 24.5. The van der Waals surface area contributed by atoms with E-state index in [4.69, 9.17) is 9.47 Å². The van der Waals surface area contributed by atoms with Crippen LogP contribution >= 0.6 is 0 Å². The maximum Gasteiger partial charge on any atom is 0.307 e. The third-order valence-electron chi connectivity index (χ3n) is 5.97. The summed E-state index contributed by atoms with van der Waals surface area (Å²) in [5.41, 5.74) is 5.09. The summed E-state index contributed by atoms with van der Waals surface area (Å²) in [6.45, 7) is 6.10. The molecule has 0 saturated carbocycles. The fourth-order valence-electron chi connectivity index (χ4n) is 4.45. The molecule has 0 fully saturated rings. The van der Waals surface area contributed by atoms with Crippen LogP contribution in [0.4, 0.5) is 0 Å². The lowest BCUT2D eigenvalue weighted by Crippen LogP contribution is -2.23. The van der Waals surface area contributed by atoms with Crippen molar-refractivity contribution in [3.05, 3.63) is 89.5 Å². The smallest absolute Gasteiger partial charge is 0.307 e. The van der Waals surface area contributed by atoms with Gasteiger partial charge in [0, 0.05) is 5.92 Å². The molecule has 0 saturated heterocycles. The zero-order valence-corrected chi connectivity index (χ0v) is 19.8. The Morgan fingerprint density at radius 2 is 1.44 bits per heavy atom. The van der Waals surface area contributed by atoms with E-state index in [0.29, 0.717) is 0 Å². The van der Waals surface area contributed by atoms with Crippen molar-refractivity contribution in [1.82, 2.24) is 0 Å². The lowest BCUT2D eigenvalue weighted by Gasteiger charge is -2.21. The van der Waals surface area contributed by atoms with E-state index in [-0.39, 0.29) is 31.0 Å². The fraction of sp³-hybridized carbons (Fsp3) is 0.310. The third kappa shape index (κ3) is 5.48. The molecule has 1 atom stereocenters. The molecule has 0 radical (unpaired) electrons. The highest BCUT2D eigenvalue weighted by atomic mass is 16.5. The third-order valence-corrected chi connectivity index (χ3v) is 5.97. The Hall–Kier alpha value is -3.60. The van der Waals surface area contributed by atoms with Crippen LogP contribution in [0, 0.1) is 5.92 Å². The van der Waals surface area contributed by atoms with E-state index >= 15 is 0 Å². The van der Waals surface area contributed by atoms with E-state index in [2.05, 4.69) is 24.3 Å². The van der Waals surface area contributed by atoms with E-state index in [1.165, 1.54) is 0 Å². The Balaban J connectivity index is 1.38. The number of hydrogen-bond donors (Lipinski definition) is 1. The predicted molar refractivity (Wildman–Crippen MR) is 131 cm³/mol. The summed E-state index contributed by atoms with van der Waals surface area (Å²) >= 11 is 0. The minimum Gasteiger partial charge on any atom is -0.488 e. The predicted octanol–water partition coefficient (Wildman–Crippen LogP) is 5.85. The molecule has 4 rings (SSSR count). The van der Waals surface area contributed by atoms with Crippen LogP contribution in [0.1, 0.15) is 49.8 Å². The van der Waals surface area contributed by atoms with Crippen molar-refractivity contribution in [3.63, 3.8) is 0 Å². The number of carbonyl (C=O) groups excluding carboxylic acids is 1. The van der Waals surface area contributed by atoms with Crippen LogP contribution in [0.2, 0.25) is 0 Å². The number of carboxylic acid groups (broad SMARTS) is 1. The normalized spacial score (nSPS) is 13.6. The molecule has 176 valence electrons. The second-order valence-electron chi connectivity index (χ2n) is 9.71. The lowest BCUT2D eigenvalue weighted by atomic mass is 9.96. The maximum atomic E-state index is 12.6. The average molecular weight is 459 g/mol. The van der Waals surface area contributed by atoms with Gasteiger partial charge in [-0.3, -0.25) is 9.59 Å². The number of rotatable bonds is 8. The molecular formula is C29H30O5. The van der Waals surface area contributed by atoms with Gasteiger partial charge in [-0.25, -0.2) is 0 Å². The number of carbonyl (C=O) groups is 2. The molecule has 0 spiro atoms. The van der Waals surface area contributed by atoms with Crippen molar-refractivity contribution in [2.45, 2.75) is 45.1 Å². The van der Waals surface area contributed by atoms with Gasteiger partial charge < -0.3 is 14.6 Å². The maximum absolute atomic E-state index is 12.6. The van der Waals surface area contributed by atoms with Gasteiger partial charge in [-0.05, 0) is 67.1 Å². The number of hydrogen-bond acceptors (Lipinski definition) is 4. The highest BCUT2D eigenvalue weighted by molar-refractivity contribution is 5.80. The molecule has 1 aliphatic carbocycles. The van der Waals surface area contributed by atoms with Crippen molar-refractivity contribution in [2.24, 2.45) is 5.92 Å². The number of benzene rings is 3. The first kappa shape index (κ1) is 23.6. The first-order chi connectivity index (χ1) is 16.2. The molecular weight excluding hydrogens is 428 g/mol. The molecule has 1 N–H and O–H groups in total. The van der Waals surface area contributed by atoms with Gasteiger partial charge in [0.25, 0.3) is 0 Å². The van der Waals surface area contributed by atoms with Gasteiger partial charge in [-0.1, -0.05) is 60.7 Å². The monoisotopic (exact) mass is 458 g/mol. The van der Waals surface area contributed by atoms with Crippen LogP contribution in [0.3, 0.4) is 0 Å². The van der Waals surface area contributed by atoms with Gasteiger partial charge in [0.2, 0.25) is 0 Å². The number of carboxylic acids is 1. The molecule has 34 heavy (non-hydrogen) atoms. The Kier molecular flexibility index (Phi) is 6.73. The summed E-state index contributed by atoms with van der Waals surface area (Å²) < 4.78 is 11.4. The van der Waals surface area contributed by atoms with E-state index in [0.717, 1.165) is 33.6 Å². The average Bonchev–Trinajstić information content (AvgIpc) is 3.11. The lowest BCUT2D eigenvalue weighted by molar-refractivity contribution is -0.151. The van der Waals surface area contributed by atoms with Gasteiger partial charge in [-0.15, -0.1) is 0 Å². The second-order valence-corrected chi connectivity index (χ2v) is 9.71. The van der Waals surface area contributed by atoms with Crippen LogP contribution in [0.5, 0.6) is 5.75 Å². The molecule has 0 unspecified atom stereocenters. The van der Waals surface area contributed by atoms with Crippen LogP contribution < -0.4 is 4.74 Å². The van der Waals surface area contributed by atoms with Crippen molar-refractivity contribution >= 4 is 11.9 Å². The standard InChI is InChI=1S/C29H30O5/c1-29(2,3)34-21-14-12-19(13-15-21)16-20(28(31)32)17-27(30)33-18-26-24-10-6-4-8-22(24)23-9-5-7-11-25(23)26/h4-15,20,26H,16-18H2,1-3H3,(H,31,32)/t20-/m1/s1. The topological polar surface area (TPSA) is 72.8 Å². The molecule has 1 aliphatic rings. The van der Waals surface area contributed by atoms with E-state index in [9.17, 15) is 14.7 Å². The van der Waals surface area contributed by atoms with Crippen molar-refractivity contribution < 1.29 is 24.2 Å². The van der Waals surface area contributed by atoms with Crippen molar-refractivity contribution in [1.29, 1.82) is 0 Å². The number of ether oxygens (including phenoxy) is 2. The molecule has 5 nitrogen and oxygen atoms in total. The van der Waals surface area contributed by atoms with Crippen molar-refractivity contribution in [3.8, 4) is 16.9 Å². The SMILES string of the molecule is CC(C)(C)Oc1ccc(C[C@H](CC(=O)OCC2c3ccccc3-c3ccccc32)C(=O)O)cc1. The van der Waals surface area contributed by atoms with Gasteiger partial charge in [0.1, 0.15) is 18.0 Å². The van der Waals surface area contributed by atoms with Crippen LogP contribution in [-0.2, 0) is 20.7 Å². The summed E-state index contributed by atoms with van der Waals surface area (Å²) in [7, 11) is 0. The zero-order chi connectivity index (χ0) is 24.3. The van der Waals surface area contributed by atoms with E-state index in [1.54, 1.807) is 0 Å². The number of fused-ring (bicyclic) bond motifs is 3. The Morgan fingerprint density at radius 3 is 1.97 bits per heavy atom. The molecule has 5 heteroatoms. The first-order valence-electron chi connectivity index (χ1n) is 11.6. The summed E-state index contributed by atoms with van der Waals surface area (Å²) in [6, 6.07) is 23.6. The Morgan fingerprint density at radius 1 is 0.882 bits per heavy atom. The van der Waals surface area contributed by atoms with E-state index in [1.807, 2.05) is 69.3 Å². The number of aliphatic carboxylic acids is 1. The van der Waals surface area contributed by atoms with Gasteiger partial charge in [-0.2, -0.15) is 0 Å². The molecule has 0 heterocycles. The van der Waals surface area contributed by atoms with Crippen molar-refractivity contribution in [2.75, 3.05) is 6.61 Å². The van der Waals surface area contributed by atoms with Gasteiger partial charge in [0.05, 0.1) is 12.3 Å². The largest absolute Gasteiger partial charge is 0.488 e. The molecule has 0 amide bonds. The minimum absolute atomic E-state index is 0.0463. The van der Waals surface area contributed by atoms with Gasteiger partial charge in [0.15, 0.2) is 0 Å². The summed E-state index contributed by atoms with van der Waals surface area (Å²) in [6.07, 6.45) is 0.0704. The Bertz CT molecular complexity index is 1130. The minimum atomic E-state index is -1.01. The van der Waals surface area contributed by atoms with Crippen LogP contribution in [0.15, 0.2) is 72.8 Å². The van der Waals surface area contributed by atoms with Gasteiger partial charge >= 0.3 is 11.9 Å². The molecule has 0 aliphatic heterocycles. The molecule has 0 aromatic heterocycles. The highest BCUT2D eigenvalue weighted by Crippen LogP contribution is 2.44. The summed E-state index contributed by atoms with van der Waals surface area (Å²) in [5.74, 6) is -1.69. The molecule has 3 aromatic rings. The quantitative estimate of drug-likeness (QED) is 0.429. The highest BCUT2D eigenvalue weighted by Gasteiger charge is 2.30. The van der Waals surface area contributed by atoms with E-state index < -0.39 is 17.9 Å². The van der Waals surface area contributed by atoms with Crippen LogP contribution in [-0.4, -0.2) is 29.3 Å². The second kappa shape index (κ2) is 9.72. The fourth-order valence-corrected chi connectivity index (χ4v) is 4.45. The zero-order valence-electron chi connectivity index (χ0n) is 19.8. The first-order valence-corrected chi connectivity index (χ1v) is 11.6. The van der Waals surface area contributed by atoms with Crippen LogP contribution in [0.25, 0.3) is 11.1 Å².